The third-order valence-electron chi connectivity index (χ3n) is 4.80. The fraction of sp³-hybridized carbons (Fsp3) is 0.455. The molecule has 0 fully saturated rings. The number of fused-ring (bicyclic) bond motifs is 1. The highest BCUT2D eigenvalue weighted by molar-refractivity contribution is 9.11. The molecule has 0 radical (unpaired) electrons. The van der Waals surface area contributed by atoms with Gasteiger partial charge in [-0.15, -0.1) is 0 Å². The molecule has 0 aliphatic heterocycles. The largest absolute Gasteiger partial charge is 0.439 e. The lowest BCUT2D eigenvalue weighted by molar-refractivity contribution is 0.0882. The molecule has 2 aromatic rings. The van der Waals surface area contributed by atoms with E-state index in [1.807, 2.05) is 20.8 Å². The predicted octanol–water partition coefficient (Wildman–Crippen LogP) is 6.57. The number of aromatic nitrogens is 1. The van der Waals surface area contributed by atoms with Gasteiger partial charge in [0.25, 0.3) is 0 Å². The lowest BCUT2D eigenvalue weighted by Gasteiger charge is -2.26. The van der Waals surface area contributed by atoms with Crippen molar-refractivity contribution < 1.29 is 18.3 Å². The van der Waals surface area contributed by atoms with Crippen molar-refractivity contribution in [1.82, 2.24) is 10.3 Å². The maximum absolute atomic E-state index is 13.7. The van der Waals surface area contributed by atoms with E-state index in [2.05, 4.69) is 42.2 Å². The molecule has 8 heteroatoms. The molecule has 3 rings (SSSR count). The topological polar surface area (TPSA) is 51.2 Å². The van der Waals surface area contributed by atoms with E-state index >= 15 is 0 Å². The average Bonchev–Trinajstić information content (AvgIpc) is 2.62. The van der Waals surface area contributed by atoms with Gasteiger partial charge < -0.3 is 10.1 Å². The number of amides is 1. The minimum atomic E-state index is -0.827. The van der Waals surface area contributed by atoms with Gasteiger partial charge in [0.15, 0.2) is 6.10 Å². The Balaban J connectivity index is 2.00. The van der Waals surface area contributed by atoms with E-state index in [0.29, 0.717) is 15.9 Å². The van der Waals surface area contributed by atoms with Gasteiger partial charge in [-0.2, -0.15) is 0 Å². The zero-order chi connectivity index (χ0) is 22.1. The van der Waals surface area contributed by atoms with Gasteiger partial charge in [-0.3, -0.25) is 0 Å². The Morgan fingerprint density at radius 1 is 1.13 bits per heavy atom. The van der Waals surface area contributed by atoms with Gasteiger partial charge in [-0.25, -0.2) is 18.6 Å². The first kappa shape index (κ1) is 23.1. The number of hydrogen-bond donors (Lipinski definition) is 1. The predicted molar refractivity (Wildman–Crippen MR) is 118 cm³/mol. The maximum Gasteiger partial charge on any atom is 0.408 e. The van der Waals surface area contributed by atoms with Crippen LogP contribution in [0.5, 0.6) is 0 Å². The summed E-state index contributed by atoms with van der Waals surface area (Å²) >= 11 is 7.20. The second-order valence-electron chi connectivity index (χ2n) is 8.52. The highest BCUT2D eigenvalue weighted by Crippen LogP contribution is 2.38. The number of nitrogens with zero attached hydrogens (tertiary/aromatic N) is 1. The summed E-state index contributed by atoms with van der Waals surface area (Å²) < 4.78 is 34.7. The summed E-state index contributed by atoms with van der Waals surface area (Å²) in [6.45, 7) is 5.53. The Kier molecular flexibility index (Phi) is 7.17. The van der Waals surface area contributed by atoms with Gasteiger partial charge in [0.1, 0.15) is 16.2 Å². The first-order valence-electron chi connectivity index (χ1n) is 9.84. The minimum Gasteiger partial charge on any atom is -0.439 e. The van der Waals surface area contributed by atoms with E-state index in [9.17, 15) is 13.6 Å². The van der Waals surface area contributed by atoms with Crippen molar-refractivity contribution in [2.24, 2.45) is 0 Å². The molecule has 0 unspecified atom stereocenters. The zero-order valence-electron chi connectivity index (χ0n) is 17.1. The molecule has 1 atom stereocenters. The summed E-state index contributed by atoms with van der Waals surface area (Å²) in [5, 5.41) is 2.76. The van der Waals surface area contributed by atoms with Gasteiger partial charge in [0.2, 0.25) is 0 Å². The first-order chi connectivity index (χ1) is 14.0. The van der Waals surface area contributed by atoms with Crippen LogP contribution in [0.15, 0.2) is 27.3 Å². The highest BCUT2D eigenvalue weighted by atomic mass is 79.9. The van der Waals surface area contributed by atoms with E-state index in [0.717, 1.165) is 47.3 Å². The number of alkyl carbamates (subject to hydrolysis) is 1. The van der Waals surface area contributed by atoms with Crippen LogP contribution >= 0.6 is 31.9 Å². The number of hydrogen-bond acceptors (Lipinski definition) is 3. The Labute approximate surface area is 192 Å². The van der Waals surface area contributed by atoms with Crippen LogP contribution in [0, 0.1) is 11.6 Å². The number of carbonyl (C=O) groups is 1. The van der Waals surface area contributed by atoms with Crippen molar-refractivity contribution in [2.75, 3.05) is 0 Å². The highest BCUT2D eigenvalue weighted by Gasteiger charge is 2.28. The van der Waals surface area contributed by atoms with E-state index in [1.165, 1.54) is 12.1 Å². The van der Waals surface area contributed by atoms with Crippen molar-refractivity contribution in [2.45, 2.75) is 64.5 Å². The SMILES string of the molecule is CC(C)(C)NC(=O)O[C@@H](Cc1cc(F)cc(F)c1)c1nc(Br)c2c(c1Br)CCCC2. The molecule has 4 nitrogen and oxygen atoms in total. The molecule has 0 saturated heterocycles. The van der Waals surface area contributed by atoms with E-state index in [-0.39, 0.29) is 6.42 Å². The summed E-state index contributed by atoms with van der Waals surface area (Å²) in [7, 11) is 0. The smallest absolute Gasteiger partial charge is 0.408 e. The quantitative estimate of drug-likeness (QED) is 0.442. The maximum atomic E-state index is 13.7. The molecule has 1 aliphatic carbocycles. The van der Waals surface area contributed by atoms with E-state index in [1.54, 1.807) is 0 Å². The summed E-state index contributed by atoms with van der Waals surface area (Å²) in [6, 6.07) is 3.29. The zero-order valence-corrected chi connectivity index (χ0v) is 20.3. The standard InChI is InChI=1S/C22H24Br2F2N2O2/c1-22(2,3)28-21(29)30-17(10-12-8-13(25)11-14(26)9-12)19-18(23)15-6-4-5-7-16(15)20(24)27-19/h8-9,11,17H,4-7,10H2,1-3H3,(H,28,29)/t17-/m0/s1. The normalized spacial score (nSPS) is 14.8. The monoisotopic (exact) mass is 544 g/mol. The van der Waals surface area contributed by atoms with Gasteiger partial charge >= 0.3 is 6.09 Å². The lowest BCUT2D eigenvalue weighted by atomic mass is 9.91. The van der Waals surface area contributed by atoms with Crippen molar-refractivity contribution >= 4 is 38.0 Å². The van der Waals surface area contributed by atoms with Crippen LogP contribution < -0.4 is 5.32 Å². The molecule has 0 bridgehead atoms. The van der Waals surface area contributed by atoms with Crippen LogP contribution in [0.1, 0.15) is 62.1 Å². The van der Waals surface area contributed by atoms with Crippen molar-refractivity contribution in [3.8, 4) is 0 Å². The van der Waals surface area contributed by atoms with Gasteiger partial charge in [0.05, 0.1) is 5.69 Å². The molecule has 1 aromatic heterocycles. The molecule has 1 aromatic carbocycles. The Morgan fingerprint density at radius 2 is 1.73 bits per heavy atom. The van der Waals surface area contributed by atoms with Crippen LogP contribution in [-0.4, -0.2) is 16.6 Å². The van der Waals surface area contributed by atoms with Crippen LogP contribution in [0.25, 0.3) is 0 Å². The van der Waals surface area contributed by atoms with Crippen molar-refractivity contribution in [3.05, 3.63) is 61.3 Å². The minimum absolute atomic E-state index is 0.0864. The van der Waals surface area contributed by atoms with E-state index < -0.39 is 29.4 Å². The first-order valence-corrected chi connectivity index (χ1v) is 11.4. The summed E-state index contributed by atoms with van der Waals surface area (Å²) in [5.41, 5.74) is 2.69. The van der Waals surface area contributed by atoms with Crippen molar-refractivity contribution in [1.29, 1.82) is 0 Å². The van der Waals surface area contributed by atoms with Gasteiger partial charge in [-0.1, -0.05) is 0 Å². The Bertz CT molecular complexity index is 941. The number of carbonyl (C=O) groups excluding carboxylic acids is 1. The molecule has 0 spiro atoms. The molecule has 1 aliphatic rings. The van der Waals surface area contributed by atoms with Gasteiger partial charge in [-0.05, 0) is 107 Å². The number of benzene rings is 1. The molecule has 162 valence electrons. The lowest BCUT2D eigenvalue weighted by Crippen LogP contribution is -2.41. The second kappa shape index (κ2) is 9.30. The molecular formula is C22H24Br2F2N2O2. The van der Waals surface area contributed by atoms with Crippen LogP contribution in [0.3, 0.4) is 0 Å². The number of rotatable bonds is 4. The average molecular weight is 546 g/mol. The molecule has 1 amide bonds. The van der Waals surface area contributed by atoms with Crippen molar-refractivity contribution in [3.63, 3.8) is 0 Å². The fourth-order valence-electron chi connectivity index (χ4n) is 3.57. The van der Waals surface area contributed by atoms with E-state index in [4.69, 9.17) is 4.74 Å². The van der Waals surface area contributed by atoms with Crippen LogP contribution in [0.2, 0.25) is 0 Å². The number of ether oxygens (including phenoxy) is 1. The summed E-state index contributed by atoms with van der Waals surface area (Å²) in [6.07, 6.45) is 2.61. The third-order valence-corrected chi connectivity index (χ3v) is 6.34. The molecule has 30 heavy (non-hydrogen) atoms. The molecule has 1 N–H and O–H groups in total. The molecular weight excluding hydrogens is 522 g/mol. The van der Waals surface area contributed by atoms with Crippen LogP contribution in [-0.2, 0) is 24.0 Å². The van der Waals surface area contributed by atoms with Crippen LogP contribution in [0.4, 0.5) is 13.6 Å². The molecule has 1 heterocycles. The number of pyridine rings is 1. The Hall–Kier alpha value is -1.54. The number of nitrogens with one attached hydrogen (secondary N) is 1. The number of halogens is 4. The summed E-state index contributed by atoms with van der Waals surface area (Å²) in [5.74, 6) is -1.36. The Morgan fingerprint density at radius 3 is 2.33 bits per heavy atom. The fourth-order valence-corrected chi connectivity index (χ4v) is 4.98. The van der Waals surface area contributed by atoms with Gasteiger partial charge in [0, 0.05) is 22.5 Å². The third kappa shape index (κ3) is 5.78. The summed E-state index contributed by atoms with van der Waals surface area (Å²) in [4.78, 5) is 17.2. The molecule has 0 saturated carbocycles. The second-order valence-corrected chi connectivity index (χ2v) is 10.1.